The zero-order chi connectivity index (χ0) is 40.4. The van der Waals surface area contributed by atoms with Crippen LogP contribution in [0.5, 0.6) is 0 Å². The maximum absolute atomic E-state index is 16.6. The van der Waals surface area contributed by atoms with E-state index in [1.165, 1.54) is 39.3 Å². The Labute approximate surface area is 339 Å². The Kier molecular flexibility index (Phi) is 8.60. The summed E-state index contributed by atoms with van der Waals surface area (Å²) in [7, 11) is 0. The second-order valence-electron chi connectivity index (χ2n) is 15.4. The van der Waals surface area contributed by atoms with E-state index in [0.717, 1.165) is 27.5 Å². The van der Waals surface area contributed by atoms with Crippen molar-refractivity contribution in [1.82, 2.24) is 0 Å². The van der Waals surface area contributed by atoms with Gasteiger partial charge in [-0.15, -0.1) is 0 Å². The fourth-order valence-electron chi connectivity index (χ4n) is 8.88. The molecule has 1 aliphatic rings. The Hall–Kier alpha value is -7.18. The molecule has 0 unspecified atom stereocenters. The highest BCUT2D eigenvalue weighted by atomic mass is 19.2. The third-order valence-corrected chi connectivity index (χ3v) is 11.7. The van der Waals surface area contributed by atoms with Crippen LogP contribution in [0.15, 0.2) is 182 Å². The summed E-state index contributed by atoms with van der Waals surface area (Å²) >= 11 is 0. The molecule has 10 rings (SSSR count). The minimum Gasteiger partial charge on any atom is -0.310 e. The van der Waals surface area contributed by atoms with Crippen LogP contribution in [0, 0.1) is 23.3 Å². The number of para-hydroxylation sites is 1. The first-order valence-electron chi connectivity index (χ1n) is 19.5. The number of rotatable bonds is 7. The van der Waals surface area contributed by atoms with Crippen LogP contribution in [0.4, 0.5) is 51.7 Å². The summed E-state index contributed by atoms with van der Waals surface area (Å²) in [5, 5.41) is 3.51. The van der Waals surface area contributed by atoms with E-state index in [-0.39, 0.29) is 11.0 Å². The van der Waals surface area contributed by atoms with Gasteiger partial charge in [0.1, 0.15) is 5.69 Å². The van der Waals surface area contributed by atoms with Crippen molar-refractivity contribution in [3.05, 3.63) is 216 Å². The highest BCUT2D eigenvalue weighted by Crippen LogP contribution is 2.51. The molecule has 0 heterocycles. The average Bonchev–Trinajstić information content (AvgIpc) is 3.50. The van der Waals surface area contributed by atoms with Gasteiger partial charge in [-0.05, 0) is 87.1 Å². The van der Waals surface area contributed by atoms with Crippen LogP contribution in [0.3, 0.4) is 0 Å². The minimum atomic E-state index is -1.50. The number of fused-ring (bicyclic) bond motifs is 5. The smallest absolute Gasteiger partial charge is 0.186 e. The Morgan fingerprint density at radius 3 is 1.53 bits per heavy atom. The Balaban J connectivity index is 1.11. The van der Waals surface area contributed by atoms with Gasteiger partial charge in [0.15, 0.2) is 23.3 Å². The molecule has 9 aromatic rings. The van der Waals surface area contributed by atoms with E-state index in [0.29, 0.717) is 22.4 Å². The molecule has 2 nitrogen and oxygen atoms in total. The van der Waals surface area contributed by atoms with Gasteiger partial charge < -0.3 is 9.80 Å². The molecule has 286 valence electrons. The molecular formula is C53H36F4N2. The fraction of sp³-hybridized carbons (Fsp3) is 0.0566. The van der Waals surface area contributed by atoms with Gasteiger partial charge in [0.2, 0.25) is 0 Å². The second-order valence-corrected chi connectivity index (χ2v) is 15.4. The molecule has 0 fully saturated rings. The maximum Gasteiger partial charge on any atom is 0.186 e. The lowest BCUT2D eigenvalue weighted by molar-refractivity contribution is 0.461. The summed E-state index contributed by atoms with van der Waals surface area (Å²) in [4.78, 5) is 3.36. The first-order valence-corrected chi connectivity index (χ1v) is 19.5. The summed E-state index contributed by atoms with van der Waals surface area (Å²) < 4.78 is 66.4. The van der Waals surface area contributed by atoms with Crippen LogP contribution in [0.1, 0.15) is 25.0 Å². The van der Waals surface area contributed by atoms with E-state index in [2.05, 4.69) is 79.4 Å². The van der Waals surface area contributed by atoms with Gasteiger partial charge in [-0.2, -0.15) is 0 Å². The number of nitrogens with zero attached hydrogens (tertiary/aromatic N) is 2. The molecule has 0 atom stereocenters. The largest absolute Gasteiger partial charge is 0.310 e. The standard InChI is InChI=1S/C53H36F4N2/c1-53(2)43-23-11-10-22-41(43)42-31-30-38(32-44(42)53)58(45-24-12-16-33-14-6-8-20-39(33)45)37-28-26-35(27-29-37)47-48(54)50(56)52(51(57)49(47)55)59(36-18-4-3-5-19-36)46-25-13-17-34-15-7-9-21-40(34)46/h3-32H,1-2H3. The van der Waals surface area contributed by atoms with Gasteiger partial charge in [0, 0.05) is 33.2 Å². The van der Waals surface area contributed by atoms with Crippen molar-refractivity contribution in [1.29, 1.82) is 0 Å². The lowest BCUT2D eigenvalue weighted by atomic mass is 9.82. The molecule has 0 saturated carbocycles. The highest BCUT2D eigenvalue weighted by molar-refractivity contribution is 6.01. The molecule has 0 spiro atoms. The molecule has 0 aromatic heterocycles. The maximum atomic E-state index is 16.6. The number of anilines is 6. The molecule has 0 amide bonds. The molecule has 0 aliphatic heterocycles. The number of hydrogen-bond acceptors (Lipinski definition) is 2. The van der Waals surface area contributed by atoms with Crippen molar-refractivity contribution >= 4 is 55.7 Å². The molecule has 0 N–H and O–H groups in total. The number of benzene rings is 9. The van der Waals surface area contributed by atoms with Crippen molar-refractivity contribution in [2.24, 2.45) is 0 Å². The van der Waals surface area contributed by atoms with Crippen molar-refractivity contribution in [2.75, 3.05) is 9.80 Å². The van der Waals surface area contributed by atoms with E-state index < -0.39 is 34.5 Å². The predicted molar refractivity (Wildman–Crippen MR) is 234 cm³/mol. The SMILES string of the molecule is CC1(C)c2ccccc2-c2ccc(N(c3ccc(-c4c(F)c(F)c(N(c5ccccc5)c5cccc6ccccc56)c(F)c4F)cc3)c3cccc4ccccc34)cc21. The monoisotopic (exact) mass is 776 g/mol. The predicted octanol–water partition coefficient (Wildman–Crippen LogP) is 15.5. The molecule has 9 aromatic carbocycles. The van der Waals surface area contributed by atoms with E-state index in [1.54, 1.807) is 60.7 Å². The third kappa shape index (κ3) is 5.78. The topological polar surface area (TPSA) is 6.48 Å². The van der Waals surface area contributed by atoms with Crippen LogP contribution in [0.25, 0.3) is 43.8 Å². The van der Waals surface area contributed by atoms with Crippen LogP contribution < -0.4 is 9.80 Å². The van der Waals surface area contributed by atoms with Crippen molar-refractivity contribution in [2.45, 2.75) is 19.3 Å². The zero-order valence-electron chi connectivity index (χ0n) is 32.2. The normalized spacial score (nSPS) is 12.7. The Morgan fingerprint density at radius 2 is 0.881 bits per heavy atom. The molecule has 1 aliphatic carbocycles. The number of halogens is 4. The van der Waals surface area contributed by atoms with Gasteiger partial charge in [0.25, 0.3) is 0 Å². The minimum absolute atomic E-state index is 0.00655. The van der Waals surface area contributed by atoms with Gasteiger partial charge in [-0.1, -0.05) is 147 Å². The number of hydrogen-bond donors (Lipinski definition) is 0. The van der Waals surface area contributed by atoms with Gasteiger partial charge in [-0.25, -0.2) is 17.6 Å². The quantitative estimate of drug-likeness (QED) is 0.117. The molecule has 0 bridgehead atoms. The van der Waals surface area contributed by atoms with E-state index in [9.17, 15) is 0 Å². The zero-order valence-corrected chi connectivity index (χ0v) is 32.2. The van der Waals surface area contributed by atoms with Crippen molar-refractivity contribution < 1.29 is 17.6 Å². The van der Waals surface area contributed by atoms with E-state index in [4.69, 9.17) is 0 Å². The summed E-state index contributed by atoms with van der Waals surface area (Å²) in [5.74, 6) is -5.98. The fourth-order valence-corrected chi connectivity index (χ4v) is 8.88. The summed E-state index contributed by atoms with van der Waals surface area (Å²) in [6, 6.07) is 56.7. The van der Waals surface area contributed by atoms with Crippen LogP contribution in [-0.4, -0.2) is 0 Å². The lowest BCUT2D eigenvalue weighted by Gasteiger charge is -2.29. The van der Waals surface area contributed by atoms with Crippen molar-refractivity contribution in [3.8, 4) is 22.3 Å². The van der Waals surface area contributed by atoms with Gasteiger partial charge >= 0.3 is 0 Å². The van der Waals surface area contributed by atoms with Crippen LogP contribution >= 0.6 is 0 Å². The third-order valence-electron chi connectivity index (χ3n) is 11.7. The van der Waals surface area contributed by atoms with Gasteiger partial charge in [0.05, 0.1) is 16.9 Å². The Bertz CT molecular complexity index is 3050. The molecule has 0 saturated heterocycles. The molecule has 6 heteroatoms. The molecule has 59 heavy (non-hydrogen) atoms. The van der Waals surface area contributed by atoms with E-state index in [1.807, 2.05) is 48.5 Å². The van der Waals surface area contributed by atoms with Crippen LogP contribution in [0.2, 0.25) is 0 Å². The first-order chi connectivity index (χ1) is 28.7. The Morgan fingerprint density at radius 1 is 0.390 bits per heavy atom. The second kappa shape index (κ2) is 14.0. The summed E-state index contributed by atoms with van der Waals surface area (Å²) in [6.45, 7) is 4.46. The molecule has 0 radical (unpaired) electrons. The first kappa shape index (κ1) is 36.2. The average molecular weight is 777 g/mol. The summed E-state index contributed by atoms with van der Waals surface area (Å²) in [6.07, 6.45) is 0. The summed E-state index contributed by atoms with van der Waals surface area (Å²) in [5.41, 5.74) is 6.13. The highest BCUT2D eigenvalue weighted by Gasteiger charge is 2.36. The van der Waals surface area contributed by atoms with Crippen molar-refractivity contribution in [3.63, 3.8) is 0 Å². The van der Waals surface area contributed by atoms with Crippen LogP contribution in [-0.2, 0) is 5.41 Å². The lowest BCUT2D eigenvalue weighted by Crippen LogP contribution is -2.17. The van der Waals surface area contributed by atoms with Gasteiger partial charge in [-0.3, -0.25) is 0 Å². The molecular weight excluding hydrogens is 741 g/mol. The van der Waals surface area contributed by atoms with E-state index >= 15 is 17.6 Å².